The summed E-state index contributed by atoms with van der Waals surface area (Å²) in [6.45, 7) is 0. The highest BCUT2D eigenvalue weighted by Gasteiger charge is 2.58. The summed E-state index contributed by atoms with van der Waals surface area (Å²) >= 11 is 3.28. The van der Waals surface area contributed by atoms with E-state index in [1.165, 1.54) is 0 Å². The Balaban J connectivity index is 2.38. The summed E-state index contributed by atoms with van der Waals surface area (Å²) in [5.41, 5.74) is -0.338. The highest BCUT2D eigenvalue weighted by Crippen LogP contribution is 2.53. The van der Waals surface area contributed by atoms with Crippen LogP contribution in [0.3, 0.4) is 0 Å². The molecule has 0 atom stereocenters. The lowest BCUT2D eigenvalue weighted by Crippen LogP contribution is -2.50. The van der Waals surface area contributed by atoms with Gasteiger partial charge in [-0.05, 0) is 11.6 Å². The molecule has 1 aromatic rings. The molecular weight excluding hydrogens is 266 g/mol. The van der Waals surface area contributed by atoms with Crippen molar-refractivity contribution < 1.29 is 13.6 Å². The maximum Gasteiger partial charge on any atom is 0.250 e. The van der Waals surface area contributed by atoms with Crippen LogP contribution in [-0.2, 0) is 10.2 Å². The number of hydrogen-bond acceptors (Lipinski definition) is 1. The fourth-order valence-electron chi connectivity index (χ4n) is 2.07. The van der Waals surface area contributed by atoms with Crippen LogP contribution in [0, 0.1) is 0 Å². The maximum atomic E-state index is 12.9. The van der Waals surface area contributed by atoms with E-state index in [4.69, 9.17) is 0 Å². The van der Waals surface area contributed by atoms with E-state index in [1.807, 2.05) is 0 Å². The summed E-state index contributed by atoms with van der Waals surface area (Å²) in [6.07, 6.45) is -0.122. The zero-order valence-corrected chi connectivity index (χ0v) is 9.43. The minimum absolute atomic E-state index is 0.383. The lowest BCUT2D eigenvalue weighted by atomic mass is 9.63. The first kappa shape index (κ1) is 10.7. The average molecular weight is 275 g/mol. The van der Waals surface area contributed by atoms with Gasteiger partial charge in [-0.1, -0.05) is 34.1 Å². The number of carbonyl (C=O) groups excluding carboxylic acids is 1. The van der Waals surface area contributed by atoms with E-state index in [1.54, 1.807) is 24.3 Å². The van der Waals surface area contributed by atoms with Crippen LogP contribution < -0.4 is 0 Å². The molecule has 0 bridgehead atoms. The molecule has 80 valence electrons. The first-order chi connectivity index (χ1) is 6.99. The molecule has 0 N–H and O–H groups in total. The third kappa shape index (κ3) is 1.71. The SMILES string of the molecule is O=CC1(c2ccccc2Br)CC(F)(F)C1. The third-order valence-corrected chi connectivity index (χ3v) is 3.48. The number of aldehydes is 1. The van der Waals surface area contributed by atoms with Crippen molar-refractivity contribution in [2.45, 2.75) is 24.2 Å². The smallest absolute Gasteiger partial charge is 0.250 e. The molecule has 4 heteroatoms. The van der Waals surface area contributed by atoms with Gasteiger partial charge in [-0.2, -0.15) is 0 Å². The van der Waals surface area contributed by atoms with Crippen molar-refractivity contribution in [3.8, 4) is 0 Å². The van der Waals surface area contributed by atoms with Gasteiger partial charge in [-0.15, -0.1) is 0 Å². The van der Waals surface area contributed by atoms with Crippen LogP contribution in [-0.4, -0.2) is 12.2 Å². The first-order valence-electron chi connectivity index (χ1n) is 4.58. The molecule has 1 aliphatic rings. The first-order valence-corrected chi connectivity index (χ1v) is 5.38. The second-order valence-electron chi connectivity index (χ2n) is 3.96. The predicted molar refractivity (Wildman–Crippen MR) is 56.1 cm³/mol. The van der Waals surface area contributed by atoms with Gasteiger partial charge < -0.3 is 4.79 Å². The van der Waals surface area contributed by atoms with Crippen LogP contribution in [0.5, 0.6) is 0 Å². The Bertz CT molecular complexity index is 395. The van der Waals surface area contributed by atoms with Crippen LogP contribution in [0.4, 0.5) is 8.78 Å². The third-order valence-electron chi connectivity index (χ3n) is 2.78. The van der Waals surface area contributed by atoms with Gasteiger partial charge in [0.1, 0.15) is 6.29 Å². The maximum absolute atomic E-state index is 12.9. The Hall–Kier alpha value is -0.770. The van der Waals surface area contributed by atoms with Crippen molar-refractivity contribution in [3.63, 3.8) is 0 Å². The van der Waals surface area contributed by atoms with E-state index in [0.29, 0.717) is 16.3 Å². The van der Waals surface area contributed by atoms with Crippen LogP contribution in [0.1, 0.15) is 18.4 Å². The van der Waals surface area contributed by atoms with Gasteiger partial charge in [-0.25, -0.2) is 8.78 Å². The highest BCUT2D eigenvalue weighted by atomic mass is 79.9. The molecule has 0 aromatic heterocycles. The number of halogens is 3. The predicted octanol–water partition coefficient (Wildman–Crippen LogP) is 3.31. The van der Waals surface area contributed by atoms with Crippen LogP contribution in [0.25, 0.3) is 0 Å². The molecule has 0 heterocycles. The van der Waals surface area contributed by atoms with E-state index in [-0.39, 0.29) is 12.8 Å². The Morgan fingerprint density at radius 2 is 1.87 bits per heavy atom. The second kappa shape index (κ2) is 3.37. The lowest BCUT2D eigenvalue weighted by Gasteiger charge is -2.44. The van der Waals surface area contributed by atoms with E-state index in [0.717, 1.165) is 0 Å². The molecule has 1 nitrogen and oxygen atoms in total. The molecule has 1 aliphatic carbocycles. The Morgan fingerprint density at radius 1 is 1.27 bits per heavy atom. The van der Waals surface area contributed by atoms with Gasteiger partial charge in [0, 0.05) is 17.3 Å². The molecule has 1 saturated carbocycles. The second-order valence-corrected chi connectivity index (χ2v) is 4.82. The lowest BCUT2D eigenvalue weighted by molar-refractivity contribution is -0.146. The minimum atomic E-state index is -2.70. The molecule has 0 radical (unpaired) electrons. The largest absolute Gasteiger partial charge is 0.302 e. The molecule has 0 saturated heterocycles. The van der Waals surface area contributed by atoms with E-state index < -0.39 is 11.3 Å². The molecular formula is C11H9BrF2O. The number of benzene rings is 1. The molecule has 0 amide bonds. The van der Waals surface area contributed by atoms with Crippen molar-refractivity contribution in [3.05, 3.63) is 34.3 Å². The number of rotatable bonds is 2. The van der Waals surface area contributed by atoms with Crippen LogP contribution in [0.15, 0.2) is 28.7 Å². The van der Waals surface area contributed by atoms with Crippen molar-refractivity contribution >= 4 is 22.2 Å². The standard InChI is InChI=1S/C11H9BrF2O/c12-9-4-2-1-3-8(9)10(7-15)5-11(13,14)6-10/h1-4,7H,5-6H2. The fourth-order valence-corrected chi connectivity index (χ4v) is 2.75. The zero-order chi connectivity index (χ0) is 11.1. The molecule has 0 aliphatic heterocycles. The Morgan fingerprint density at radius 3 is 2.33 bits per heavy atom. The summed E-state index contributed by atoms with van der Waals surface area (Å²) in [7, 11) is 0. The molecule has 15 heavy (non-hydrogen) atoms. The van der Waals surface area contributed by atoms with Gasteiger partial charge in [0.05, 0.1) is 5.41 Å². The van der Waals surface area contributed by atoms with Crippen molar-refractivity contribution in [2.75, 3.05) is 0 Å². The van der Waals surface area contributed by atoms with Crippen molar-refractivity contribution in [1.29, 1.82) is 0 Å². The summed E-state index contributed by atoms with van der Waals surface area (Å²) in [4.78, 5) is 11.0. The number of alkyl halides is 2. The quantitative estimate of drug-likeness (QED) is 0.757. The Kier molecular flexibility index (Phi) is 2.41. The molecule has 0 spiro atoms. The van der Waals surface area contributed by atoms with E-state index in [2.05, 4.69) is 15.9 Å². The fraction of sp³-hybridized carbons (Fsp3) is 0.364. The van der Waals surface area contributed by atoms with E-state index >= 15 is 0 Å². The van der Waals surface area contributed by atoms with Gasteiger partial charge >= 0.3 is 0 Å². The van der Waals surface area contributed by atoms with Gasteiger partial charge in [0.2, 0.25) is 0 Å². The summed E-state index contributed by atoms with van der Waals surface area (Å²) in [6, 6.07) is 7.02. The molecule has 1 aromatic carbocycles. The van der Waals surface area contributed by atoms with Crippen molar-refractivity contribution in [2.24, 2.45) is 0 Å². The molecule has 2 rings (SSSR count). The molecule has 0 unspecified atom stereocenters. The number of carbonyl (C=O) groups is 1. The van der Waals surface area contributed by atoms with Crippen LogP contribution >= 0.6 is 15.9 Å². The summed E-state index contributed by atoms with van der Waals surface area (Å²) in [5.74, 6) is -2.70. The minimum Gasteiger partial charge on any atom is -0.302 e. The topological polar surface area (TPSA) is 17.1 Å². The molecule has 1 fully saturated rings. The zero-order valence-electron chi connectivity index (χ0n) is 7.84. The normalized spacial score (nSPS) is 21.8. The summed E-state index contributed by atoms with van der Waals surface area (Å²) in [5, 5.41) is 0. The Labute approximate surface area is 94.6 Å². The van der Waals surface area contributed by atoms with Gasteiger partial charge in [0.15, 0.2) is 0 Å². The van der Waals surface area contributed by atoms with Crippen LogP contribution in [0.2, 0.25) is 0 Å². The monoisotopic (exact) mass is 274 g/mol. The number of hydrogen-bond donors (Lipinski definition) is 0. The highest BCUT2D eigenvalue weighted by molar-refractivity contribution is 9.10. The van der Waals surface area contributed by atoms with Crippen molar-refractivity contribution in [1.82, 2.24) is 0 Å². The van der Waals surface area contributed by atoms with E-state index in [9.17, 15) is 13.6 Å². The summed E-state index contributed by atoms with van der Waals surface area (Å²) < 4.78 is 26.4. The van der Waals surface area contributed by atoms with Gasteiger partial charge in [0.25, 0.3) is 5.92 Å². The van der Waals surface area contributed by atoms with Gasteiger partial charge in [-0.3, -0.25) is 0 Å². The average Bonchev–Trinajstić information content (AvgIpc) is 2.14.